The molecule has 3 fully saturated rings. The lowest BCUT2D eigenvalue weighted by atomic mass is 9.75. The van der Waals surface area contributed by atoms with Crippen LogP contribution in [0.5, 0.6) is 0 Å². The van der Waals surface area contributed by atoms with E-state index in [-0.39, 0.29) is 28.9 Å². The van der Waals surface area contributed by atoms with Crippen LogP contribution in [0.2, 0.25) is 0 Å². The van der Waals surface area contributed by atoms with Gasteiger partial charge >= 0.3 is 12.4 Å². The van der Waals surface area contributed by atoms with Crippen LogP contribution >= 0.6 is 0 Å². The van der Waals surface area contributed by atoms with E-state index < -0.39 is 42.0 Å². The molecule has 11 heteroatoms. The van der Waals surface area contributed by atoms with Gasteiger partial charge in [0.2, 0.25) is 0 Å². The number of nitrogens with zero attached hydrogens (tertiary/aromatic N) is 1. The fourth-order valence-electron chi connectivity index (χ4n) is 6.02. The molecule has 39 heavy (non-hydrogen) atoms. The highest BCUT2D eigenvalue weighted by Crippen LogP contribution is 2.44. The first-order valence-electron chi connectivity index (χ1n) is 13.0. The van der Waals surface area contributed by atoms with Gasteiger partial charge in [0.25, 0.3) is 0 Å². The Kier molecular flexibility index (Phi) is 7.75. The maximum absolute atomic E-state index is 13.4. The summed E-state index contributed by atoms with van der Waals surface area (Å²) in [7, 11) is 0. The van der Waals surface area contributed by atoms with Gasteiger partial charge in [-0.1, -0.05) is 30.3 Å². The van der Waals surface area contributed by atoms with Gasteiger partial charge in [0, 0.05) is 31.0 Å². The highest BCUT2D eigenvalue weighted by Gasteiger charge is 2.53. The molecule has 0 aromatic heterocycles. The Hall–Kier alpha value is -2.18. The van der Waals surface area contributed by atoms with Crippen LogP contribution in [0.4, 0.5) is 26.3 Å². The first kappa shape index (κ1) is 28.4. The molecule has 1 unspecified atom stereocenters. The topological polar surface area (TPSA) is 51.2 Å². The molecule has 0 aliphatic carbocycles. The van der Waals surface area contributed by atoms with Crippen molar-refractivity contribution in [3.05, 3.63) is 70.8 Å². The number of rotatable bonds is 6. The van der Waals surface area contributed by atoms with E-state index in [1.807, 2.05) is 30.3 Å². The zero-order chi connectivity index (χ0) is 28.0. The summed E-state index contributed by atoms with van der Waals surface area (Å²) in [6, 6.07) is 11.0. The Morgan fingerprint density at radius 1 is 1.03 bits per heavy atom. The number of hydrogen-bond donors (Lipinski definition) is 1. The quantitative estimate of drug-likeness (QED) is 0.465. The highest BCUT2D eigenvalue weighted by atomic mass is 19.4. The molecule has 5 atom stereocenters. The molecule has 2 aromatic carbocycles. The lowest BCUT2D eigenvalue weighted by molar-refractivity contribution is -0.213. The fourth-order valence-corrected chi connectivity index (χ4v) is 6.02. The van der Waals surface area contributed by atoms with Gasteiger partial charge in [0.05, 0.1) is 43.2 Å². The van der Waals surface area contributed by atoms with Gasteiger partial charge in [0.15, 0.2) is 6.29 Å². The van der Waals surface area contributed by atoms with Crippen molar-refractivity contribution in [1.29, 1.82) is 0 Å². The molecule has 3 saturated heterocycles. The van der Waals surface area contributed by atoms with Gasteiger partial charge in [-0.2, -0.15) is 26.3 Å². The standard InChI is InChI=1S/C28H31F6NO4/c1-17(20-9-21(27(29,30)31)11-22(10-20)28(32,33)34)39-25-24(18-5-3-2-4-6-18)19(7-8-38-25)12-35-14-26(15-35)16-37-13-23(26)36/h2-6,9-11,17,19,23-25,36H,7-8,12-16H2,1H3/t17-,19?,23+,24+,25-/m1/s1. The third-order valence-electron chi connectivity index (χ3n) is 8.12. The Balaban J connectivity index is 1.37. The Morgan fingerprint density at radius 2 is 1.67 bits per heavy atom. The number of likely N-dealkylation sites (tertiary alicyclic amines) is 1. The predicted molar refractivity (Wildman–Crippen MR) is 129 cm³/mol. The largest absolute Gasteiger partial charge is 0.416 e. The smallest absolute Gasteiger partial charge is 0.390 e. The van der Waals surface area contributed by atoms with Gasteiger partial charge in [-0.05, 0) is 48.6 Å². The molecule has 3 aliphatic heterocycles. The lowest BCUT2D eigenvalue weighted by Gasteiger charge is -2.51. The maximum atomic E-state index is 13.4. The minimum Gasteiger partial charge on any atom is -0.390 e. The molecule has 0 amide bonds. The first-order chi connectivity index (χ1) is 18.4. The molecule has 2 aromatic rings. The van der Waals surface area contributed by atoms with Gasteiger partial charge in [-0.25, -0.2) is 0 Å². The van der Waals surface area contributed by atoms with Gasteiger partial charge in [0.1, 0.15) is 0 Å². The third kappa shape index (κ3) is 5.97. The van der Waals surface area contributed by atoms with E-state index in [2.05, 4.69) is 4.90 Å². The van der Waals surface area contributed by atoms with Crippen LogP contribution in [0.1, 0.15) is 47.6 Å². The molecule has 1 spiro atoms. The minimum atomic E-state index is -4.94. The zero-order valence-electron chi connectivity index (χ0n) is 21.3. The summed E-state index contributed by atoms with van der Waals surface area (Å²) in [5.74, 6) is -0.237. The summed E-state index contributed by atoms with van der Waals surface area (Å²) < 4.78 is 98.1. The van der Waals surface area contributed by atoms with E-state index in [4.69, 9.17) is 14.2 Å². The number of benzene rings is 2. The summed E-state index contributed by atoms with van der Waals surface area (Å²) >= 11 is 0. The molecule has 3 heterocycles. The summed E-state index contributed by atoms with van der Waals surface area (Å²) in [5, 5.41) is 10.3. The van der Waals surface area contributed by atoms with Crippen molar-refractivity contribution in [2.75, 3.05) is 39.5 Å². The molecule has 3 aliphatic rings. The predicted octanol–water partition coefficient (Wildman–Crippen LogP) is 5.64. The second-order valence-corrected chi connectivity index (χ2v) is 10.9. The summed E-state index contributed by atoms with van der Waals surface area (Å²) in [6.07, 6.45) is -11.7. The van der Waals surface area contributed by atoms with Crippen LogP contribution in [-0.4, -0.2) is 61.9 Å². The Bertz CT molecular complexity index is 1100. The SMILES string of the molecule is C[C@@H](O[C@H]1OCCC(CN2CC3(COC[C@@H]3O)C2)[C@@H]1c1ccccc1)c1cc(C(F)(F)F)cc(C(F)(F)F)c1. The molecule has 0 saturated carbocycles. The van der Waals surface area contributed by atoms with Crippen molar-refractivity contribution in [3.8, 4) is 0 Å². The Morgan fingerprint density at radius 3 is 2.23 bits per heavy atom. The second kappa shape index (κ2) is 10.7. The van der Waals surface area contributed by atoms with Gasteiger partial charge in [-0.3, -0.25) is 0 Å². The lowest BCUT2D eigenvalue weighted by Crippen LogP contribution is -2.63. The van der Waals surface area contributed by atoms with Crippen LogP contribution in [0.15, 0.2) is 48.5 Å². The molecular weight excluding hydrogens is 528 g/mol. The van der Waals surface area contributed by atoms with E-state index in [0.29, 0.717) is 58.0 Å². The van der Waals surface area contributed by atoms with Crippen molar-refractivity contribution >= 4 is 0 Å². The van der Waals surface area contributed by atoms with Gasteiger partial charge in [-0.15, -0.1) is 0 Å². The molecule has 5 rings (SSSR count). The van der Waals surface area contributed by atoms with Crippen molar-refractivity contribution in [2.24, 2.45) is 11.3 Å². The monoisotopic (exact) mass is 559 g/mol. The van der Waals surface area contributed by atoms with E-state index in [9.17, 15) is 31.4 Å². The van der Waals surface area contributed by atoms with Crippen molar-refractivity contribution in [2.45, 2.75) is 50.1 Å². The van der Waals surface area contributed by atoms with E-state index in [1.54, 1.807) is 0 Å². The molecule has 1 N–H and O–H groups in total. The number of ether oxygens (including phenoxy) is 3. The average Bonchev–Trinajstić information content (AvgIpc) is 3.24. The number of halogens is 6. The van der Waals surface area contributed by atoms with Crippen LogP contribution in [-0.2, 0) is 26.6 Å². The van der Waals surface area contributed by atoms with E-state index in [0.717, 1.165) is 5.56 Å². The fraction of sp³-hybridized carbons (Fsp3) is 0.571. The minimum absolute atomic E-state index is 0.0578. The van der Waals surface area contributed by atoms with E-state index in [1.165, 1.54) is 6.92 Å². The van der Waals surface area contributed by atoms with Crippen molar-refractivity contribution < 1.29 is 45.7 Å². The first-order valence-corrected chi connectivity index (χ1v) is 13.0. The van der Waals surface area contributed by atoms with Crippen LogP contribution < -0.4 is 0 Å². The van der Waals surface area contributed by atoms with Crippen LogP contribution in [0, 0.1) is 11.3 Å². The highest BCUT2D eigenvalue weighted by molar-refractivity contribution is 5.35. The number of alkyl halides is 6. The van der Waals surface area contributed by atoms with Crippen LogP contribution in [0.3, 0.4) is 0 Å². The van der Waals surface area contributed by atoms with Gasteiger partial charge < -0.3 is 24.2 Å². The average molecular weight is 560 g/mol. The normalized spacial score (nSPS) is 28.4. The summed E-state index contributed by atoms with van der Waals surface area (Å²) in [5.41, 5.74) is -2.32. The Labute approximate surface area is 222 Å². The summed E-state index contributed by atoms with van der Waals surface area (Å²) in [4.78, 5) is 2.24. The molecule has 0 radical (unpaired) electrons. The summed E-state index contributed by atoms with van der Waals surface area (Å²) in [6.45, 7) is 4.70. The molecular formula is C28H31F6NO4. The van der Waals surface area contributed by atoms with Crippen molar-refractivity contribution in [3.63, 3.8) is 0 Å². The number of aliphatic hydroxyl groups is 1. The molecule has 5 nitrogen and oxygen atoms in total. The number of aliphatic hydroxyl groups excluding tert-OH is 1. The van der Waals surface area contributed by atoms with Crippen LogP contribution in [0.25, 0.3) is 0 Å². The maximum Gasteiger partial charge on any atom is 0.416 e. The molecule has 214 valence electrons. The second-order valence-electron chi connectivity index (χ2n) is 10.9. The van der Waals surface area contributed by atoms with Crippen molar-refractivity contribution in [1.82, 2.24) is 4.90 Å². The van der Waals surface area contributed by atoms with E-state index >= 15 is 0 Å². The zero-order valence-corrected chi connectivity index (χ0v) is 21.3. The molecule has 0 bridgehead atoms. The number of hydrogen-bond acceptors (Lipinski definition) is 5. The third-order valence-corrected chi connectivity index (χ3v) is 8.12.